The molecule has 1 unspecified atom stereocenters. The summed E-state index contributed by atoms with van der Waals surface area (Å²) in [4.78, 5) is 12.2. The molecule has 1 amide bonds. The predicted molar refractivity (Wildman–Crippen MR) is 100 cm³/mol. The number of nitriles is 1. The van der Waals surface area contributed by atoms with Crippen LogP contribution in [0.3, 0.4) is 0 Å². The summed E-state index contributed by atoms with van der Waals surface area (Å²) in [7, 11) is 0. The Morgan fingerprint density at radius 2 is 1.80 bits per heavy atom. The highest BCUT2D eigenvalue weighted by molar-refractivity contribution is 6.32. The van der Waals surface area contributed by atoms with Crippen LogP contribution in [0.4, 0.5) is 5.69 Å². The number of benzene rings is 2. The summed E-state index contributed by atoms with van der Waals surface area (Å²) in [5.41, 5.74) is 2.45. The van der Waals surface area contributed by atoms with Crippen LogP contribution in [0.15, 0.2) is 36.4 Å². The molecule has 0 fully saturated rings. The molecule has 1 N–H and O–H groups in total. The van der Waals surface area contributed by atoms with Gasteiger partial charge in [-0.2, -0.15) is 5.26 Å². The average Bonchev–Trinajstić information content (AvgIpc) is 2.58. The average molecular weight is 377 g/mol. The Labute approximate surface area is 157 Å². The first-order valence-electron chi connectivity index (χ1n) is 7.76. The van der Waals surface area contributed by atoms with Gasteiger partial charge in [-0.3, -0.25) is 4.79 Å². The second kappa shape index (κ2) is 8.75. The van der Waals surface area contributed by atoms with Crippen LogP contribution in [0.2, 0.25) is 10.0 Å². The van der Waals surface area contributed by atoms with Crippen molar-refractivity contribution in [2.75, 3.05) is 11.9 Å². The second-order valence-corrected chi connectivity index (χ2v) is 6.50. The number of hydrogen-bond donors (Lipinski definition) is 1. The zero-order valence-electron chi connectivity index (χ0n) is 14.0. The quantitative estimate of drug-likeness (QED) is 0.757. The molecular formula is C19H18Cl2N2O2. The normalized spacial score (nSPS) is 11.5. The van der Waals surface area contributed by atoms with Gasteiger partial charge in [0.25, 0.3) is 0 Å². The second-order valence-electron chi connectivity index (χ2n) is 5.69. The van der Waals surface area contributed by atoms with E-state index < -0.39 is 5.92 Å². The van der Waals surface area contributed by atoms with Crippen LogP contribution in [-0.4, -0.2) is 12.5 Å². The molecule has 0 saturated heterocycles. The number of anilines is 1. The number of ether oxygens (including phenoxy) is 1. The van der Waals surface area contributed by atoms with Gasteiger partial charge in [0.2, 0.25) is 5.91 Å². The Balaban J connectivity index is 1.90. The molecule has 0 aliphatic carbocycles. The number of rotatable bonds is 6. The molecule has 0 aliphatic heterocycles. The van der Waals surface area contributed by atoms with Gasteiger partial charge in [0.05, 0.1) is 12.7 Å². The Bertz CT molecular complexity index is 775. The molecule has 1 atom stereocenters. The van der Waals surface area contributed by atoms with Crippen molar-refractivity contribution in [3.8, 4) is 11.8 Å². The van der Waals surface area contributed by atoms with Crippen molar-refractivity contribution in [3.05, 3.63) is 57.6 Å². The van der Waals surface area contributed by atoms with Gasteiger partial charge in [-0.15, -0.1) is 0 Å². The van der Waals surface area contributed by atoms with Crippen molar-refractivity contribution < 1.29 is 9.53 Å². The van der Waals surface area contributed by atoms with Gasteiger partial charge in [-0.1, -0.05) is 23.2 Å². The van der Waals surface area contributed by atoms with Gasteiger partial charge >= 0.3 is 0 Å². The maximum atomic E-state index is 12.2. The van der Waals surface area contributed by atoms with E-state index in [0.717, 1.165) is 11.1 Å². The topological polar surface area (TPSA) is 62.1 Å². The number of nitrogens with zero attached hydrogens (tertiary/aromatic N) is 1. The smallest absolute Gasteiger partial charge is 0.241 e. The number of carbonyl (C=O) groups is 1. The lowest BCUT2D eigenvalue weighted by atomic mass is 10.1. The van der Waals surface area contributed by atoms with E-state index in [0.29, 0.717) is 21.5 Å². The van der Waals surface area contributed by atoms with E-state index in [1.807, 2.05) is 32.0 Å². The number of hydrogen-bond acceptors (Lipinski definition) is 3. The van der Waals surface area contributed by atoms with Crippen LogP contribution in [0, 0.1) is 31.1 Å². The summed E-state index contributed by atoms with van der Waals surface area (Å²) in [6.07, 6.45) is 0.288. The first-order chi connectivity index (χ1) is 11.9. The SMILES string of the molecule is Cc1cc(OCCC(C#N)C(=O)Nc2ccc(Cl)cc2)cc(C)c1Cl. The molecule has 0 aliphatic rings. The molecule has 0 aromatic heterocycles. The largest absolute Gasteiger partial charge is 0.494 e. The summed E-state index contributed by atoms with van der Waals surface area (Å²) in [5, 5.41) is 13.2. The Kier molecular flexibility index (Phi) is 6.69. The number of aryl methyl sites for hydroxylation is 2. The minimum atomic E-state index is -0.801. The van der Waals surface area contributed by atoms with Gasteiger partial charge in [0.1, 0.15) is 11.7 Å². The van der Waals surface area contributed by atoms with Crippen LogP contribution < -0.4 is 10.1 Å². The number of halogens is 2. The zero-order chi connectivity index (χ0) is 18.4. The predicted octanol–water partition coefficient (Wildman–Crippen LogP) is 5.16. The molecule has 0 bridgehead atoms. The maximum absolute atomic E-state index is 12.2. The highest BCUT2D eigenvalue weighted by atomic mass is 35.5. The number of amides is 1. The van der Waals surface area contributed by atoms with E-state index in [2.05, 4.69) is 5.32 Å². The van der Waals surface area contributed by atoms with E-state index in [9.17, 15) is 10.1 Å². The minimum absolute atomic E-state index is 0.257. The molecular weight excluding hydrogens is 359 g/mol. The Morgan fingerprint density at radius 3 is 2.36 bits per heavy atom. The van der Waals surface area contributed by atoms with Crippen molar-refractivity contribution in [2.45, 2.75) is 20.3 Å². The summed E-state index contributed by atoms with van der Waals surface area (Å²) < 4.78 is 5.66. The molecule has 0 spiro atoms. The van der Waals surface area contributed by atoms with E-state index in [4.69, 9.17) is 27.9 Å². The molecule has 2 rings (SSSR count). The summed E-state index contributed by atoms with van der Waals surface area (Å²) in [5.74, 6) is -0.490. The highest BCUT2D eigenvalue weighted by Gasteiger charge is 2.18. The molecule has 0 radical (unpaired) electrons. The number of carbonyl (C=O) groups excluding carboxylic acids is 1. The van der Waals surface area contributed by atoms with Crippen molar-refractivity contribution in [1.29, 1.82) is 5.26 Å². The van der Waals surface area contributed by atoms with Gasteiger partial charge in [-0.05, 0) is 61.4 Å². The third kappa shape index (κ3) is 5.38. The zero-order valence-corrected chi connectivity index (χ0v) is 15.5. The third-order valence-corrected chi connectivity index (χ3v) is 4.52. The van der Waals surface area contributed by atoms with Crippen molar-refractivity contribution in [3.63, 3.8) is 0 Å². The lowest BCUT2D eigenvalue weighted by molar-refractivity contribution is -0.118. The molecule has 0 heterocycles. The third-order valence-electron chi connectivity index (χ3n) is 3.67. The van der Waals surface area contributed by atoms with Crippen LogP contribution in [0.1, 0.15) is 17.5 Å². The van der Waals surface area contributed by atoms with Gasteiger partial charge < -0.3 is 10.1 Å². The van der Waals surface area contributed by atoms with Crippen molar-refractivity contribution >= 4 is 34.8 Å². The lowest BCUT2D eigenvalue weighted by Gasteiger charge is -2.13. The number of nitrogens with one attached hydrogen (secondary N) is 1. The van der Waals surface area contributed by atoms with E-state index >= 15 is 0 Å². The van der Waals surface area contributed by atoms with E-state index in [1.54, 1.807) is 24.3 Å². The van der Waals surface area contributed by atoms with Crippen LogP contribution in [0.5, 0.6) is 5.75 Å². The highest BCUT2D eigenvalue weighted by Crippen LogP contribution is 2.26. The first kappa shape index (κ1) is 19.1. The standard InChI is InChI=1S/C19H18Cl2N2O2/c1-12-9-17(10-13(2)18(12)21)25-8-7-14(11-22)19(24)23-16-5-3-15(20)4-6-16/h3-6,9-10,14H,7-8H2,1-2H3,(H,23,24). The van der Waals surface area contributed by atoms with Crippen LogP contribution >= 0.6 is 23.2 Å². The maximum Gasteiger partial charge on any atom is 0.241 e. The summed E-state index contributed by atoms with van der Waals surface area (Å²) in [6.45, 7) is 4.06. The van der Waals surface area contributed by atoms with Crippen molar-refractivity contribution in [1.82, 2.24) is 0 Å². The molecule has 2 aromatic carbocycles. The monoisotopic (exact) mass is 376 g/mol. The molecule has 4 nitrogen and oxygen atoms in total. The summed E-state index contributed by atoms with van der Waals surface area (Å²) >= 11 is 11.9. The van der Waals surface area contributed by atoms with E-state index in [1.165, 1.54) is 0 Å². The summed E-state index contributed by atoms with van der Waals surface area (Å²) in [6, 6.07) is 12.4. The van der Waals surface area contributed by atoms with Gasteiger partial charge in [-0.25, -0.2) is 0 Å². The van der Waals surface area contributed by atoms with Crippen LogP contribution in [0.25, 0.3) is 0 Å². The first-order valence-corrected chi connectivity index (χ1v) is 8.52. The van der Waals surface area contributed by atoms with Gasteiger partial charge in [0.15, 0.2) is 0 Å². The molecule has 130 valence electrons. The van der Waals surface area contributed by atoms with Crippen LogP contribution in [-0.2, 0) is 4.79 Å². The minimum Gasteiger partial charge on any atom is -0.494 e. The lowest BCUT2D eigenvalue weighted by Crippen LogP contribution is -2.23. The van der Waals surface area contributed by atoms with Crippen molar-refractivity contribution in [2.24, 2.45) is 5.92 Å². The Morgan fingerprint density at radius 1 is 1.20 bits per heavy atom. The molecule has 2 aromatic rings. The molecule has 25 heavy (non-hydrogen) atoms. The van der Waals surface area contributed by atoms with E-state index in [-0.39, 0.29) is 18.9 Å². The fraction of sp³-hybridized carbons (Fsp3) is 0.263. The van der Waals surface area contributed by atoms with Gasteiger partial charge in [0, 0.05) is 22.2 Å². The Hall–Kier alpha value is -2.22. The molecule has 0 saturated carbocycles. The molecule has 6 heteroatoms. The fourth-order valence-electron chi connectivity index (χ4n) is 2.30. The fourth-order valence-corrected chi connectivity index (χ4v) is 2.54.